The number of phenols is 1. The summed E-state index contributed by atoms with van der Waals surface area (Å²) in [5, 5.41) is 34.7. The number of nitro groups is 1. The van der Waals surface area contributed by atoms with Crippen molar-refractivity contribution in [1.82, 2.24) is 0 Å². The van der Waals surface area contributed by atoms with E-state index in [0.717, 1.165) is 16.8 Å². The van der Waals surface area contributed by atoms with E-state index in [4.69, 9.17) is 0 Å². The molecule has 0 spiro atoms. The summed E-state index contributed by atoms with van der Waals surface area (Å²) < 4.78 is 0. The van der Waals surface area contributed by atoms with Gasteiger partial charge in [0.05, 0.1) is 17.1 Å². The van der Waals surface area contributed by atoms with Crippen LogP contribution in [0.5, 0.6) is 5.75 Å². The van der Waals surface area contributed by atoms with Crippen molar-refractivity contribution in [1.29, 1.82) is 0 Å². The lowest BCUT2D eigenvalue weighted by atomic mass is 9.85. The minimum absolute atomic E-state index is 0.0639. The number of benzene rings is 2. The molecule has 0 bridgehead atoms. The van der Waals surface area contributed by atoms with Crippen LogP contribution in [0.3, 0.4) is 0 Å². The molecule has 3 rings (SSSR count). The predicted molar refractivity (Wildman–Crippen MR) is 97.5 cm³/mol. The van der Waals surface area contributed by atoms with Crippen molar-refractivity contribution in [3.63, 3.8) is 0 Å². The minimum atomic E-state index is -0.505. The molecular weight excluding hydrogens is 320 g/mol. The van der Waals surface area contributed by atoms with Gasteiger partial charge in [0.15, 0.2) is 0 Å². The summed E-state index contributed by atoms with van der Waals surface area (Å²) in [6, 6.07) is 7.53. The third-order valence-corrected chi connectivity index (χ3v) is 4.38. The Kier molecular flexibility index (Phi) is 4.00. The van der Waals surface area contributed by atoms with E-state index in [-0.39, 0.29) is 23.6 Å². The van der Waals surface area contributed by atoms with Crippen molar-refractivity contribution >= 4 is 16.9 Å². The lowest BCUT2D eigenvalue weighted by Gasteiger charge is -2.33. The maximum absolute atomic E-state index is 11.1. The molecule has 0 atom stereocenters. The fourth-order valence-corrected chi connectivity index (χ4v) is 3.47. The van der Waals surface area contributed by atoms with Gasteiger partial charge >= 0.3 is 0 Å². The normalized spacial score (nSPS) is 15.1. The molecule has 0 saturated heterocycles. The topological polar surface area (TPSA) is 95.6 Å². The summed E-state index contributed by atoms with van der Waals surface area (Å²) in [4.78, 5) is 10.6. The van der Waals surface area contributed by atoms with Crippen molar-refractivity contribution in [2.24, 2.45) is 0 Å². The van der Waals surface area contributed by atoms with Crippen molar-refractivity contribution in [3.05, 3.63) is 57.6 Å². The second-order valence-corrected chi connectivity index (χ2v) is 6.80. The summed E-state index contributed by atoms with van der Waals surface area (Å²) in [6.07, 6.45) is 2.07. The molecule has 0 aromatic heterocycles. The number of fused-ring (bicyclic) bond motifs is 1. The van der Waals surface area contributed by atoms with Gasteiger partial charge in [0.2, 0.25) is 0 Å². The van der Waals surface area contributed by atoms with E-state index in [2.05, 4.69) is 25.2 Å². The van der Waals surface area contributed by atoms with Gasteiger partial charge in [-0.25, -0.2) is 0 Å². The highest BCUT2D eigenvalue weighted by Crippen LogP contribution is 2.42. The smallest absolute Gasteiger partial charge is 0.270 e. The highest BCUT2D eigenvalue weighted by molar-refractivity contribution is 5.88. The SMILES string of the molecule is CC1=CC(C)(C)Nc2ccc(-c3cc([N+](=O)[O-])ccc3O)c(CO)c21. The summed E-state index contributed by atoms with van der Waals surface area (Å²) in [5.41, 5.74) is 3.99. The van der Waals surface area contributed by atoms with Crippen LogP contribution in [0.2, 0.25) is 0 Å². The van der Waals surface area contributed by atoms with Crippen LogP contribution in [0.4, 0.5) is 11.4 Å². The molecule has 0 aliphatic carbocycles. The number of nitrogens with zero attached hydrogens (tertiary/aromatic N) is 1. The second kappa shape index (κ2) is 5.89. The standard InChI is InChI=1S/C19H20N2O4/c1-11-9-19(2,3)20-16-6-5-13(15(10-22)18(11)16)14-8-12(21(24)25)4-7-17(14)23/h4-9,20,22-23H,10H2,1-3H3. The molecule has 130 valence electrons. The maximum atomic E-state index is 11.1. The fraction of sp³-hybridized carbons (Fsp3) is 0.263. The maximum Gasteiger partial charge on any atom is 0.270 e. The molecule has 6 nitrogen and oxygen atoms in total. The zero-order valence-electron chi connectivity index (χ0n) is 14.3. The van der Waals surface area contributed by atoms with Gasteiger partial charge in [0.25, 0.3) is 5.69 Å². The average molecular weight is 340 g/mol. The molecule has 0 amide bonds. The Labute approximate surface area is 145 Å². The molecule has 6 heteroatoms. The first kappa shape index (κ1) is 17.0. The van der Waals surface area contributed by atoms with Crippen LogP contribution in [-0.2, 0) is 6.61 Å². The van der Waals surface area contributed by atoms with Gasteiger partial charge in [0, 0.05) is 28.9 Å². The number of phenolic OH excluding ortho intramolecular Hbond substituents is 1. The van der Waals surface area contributed by atoms with Crippen LogP contribution in [0.1, 0.15) is 31.9 Å². The molecule has 0 unspecified atom stereocenters. The molecule has 0 saturated carbocycles. The number of nitrogens with one attached hydrogen (secondary N) is 1. The molecule has 2 aromatic carbocycles. The number of hydrogen-bond acceptors (Lipinski definition) is 5. The van der Waals surface area contributed by atoms with Crippen LogP contribution < -0.4 is 5.32 Å². The molecule has 1 heterocycles. The third kappa shape index (κ3) is 2.96. The number of hydrogen-bond donors (Lipinski definition) is 3. The monoisotopic (exact) mass is 340 g/mol. The van der Waals surface area contributed by atoms with Gasteiger partial charge in [-0.1, -0.05) is 12.1 Å². The Morgan fingerprint density at radius 1 is 1.20 bits per heavy atom. The van der Waals surface area contributed by atoms with E-state index >= 15 is 0 Å². The molecule has 2 aromatic rings. The molecule has 0 fully saturated rings. The number of aliphatic hydroxyl groups is 1. The van der Waals surface area contributed by atoms with Crippen LogP contribution >= 0.6 is 0 Å². The predicted octanol–water partition coefficient (Wildman–Crippen LogP) is 4.07. The van der Waals surface area contributed by atoms with Gasteiger partial charge < -0.3 is 15.5 Å². The molecule has 25 heavy (non-hydrogen) atoms. The van der Waals surface area contributed by atoms with Crippen molar-refractivity contribution in [2.45, 2.75) is 32.9 Å². The molecule has 3 N–H and O–H groups in total. The van der Waals surface area contributed by atoms with Crippen LogP contribution in [0.25, 0.3) is 16.7 Å². The number of non-ortho nitro benzene ring substituents is 1. The number of allylic oxidation sites excluding steroid dienone is 1. The van der Waals surface area contributed by atoms with Gasteiger partial charge in [-0.15, -0.1) is 0 Å². The Bertz CT molecular complexity index is 901. The highest BCUT2D eigenvalue weighted by Gasteiger charge is 2.26. The largest absolute Gasteiger partial charge is 0.507 e. The lowest BCUT2D eigenvalue weighted by Crippen LogP contribution is -2.31. The second-order valence-electron chi connectivity index (χ2n) is 6.80. The Morgan fingerprint density at radius 3 is 2.56 bits per heavy atom. The van der Waals surface area contributed by atoms with Crippen LogP contribution in [0, 0.1) is 10.1 Å². The van der Waals surface area contributed by atoms with E-state index < -0.39 is 4.92 Å². The average Bonchev–Trinajstić information content (AvgIpc) is 2.53. The first-order valence-electron chi connectivity index (χ1n) is 7.96. The van der Waals surface area contributed by atoms with Gasteiger partial charge in [0.1, 0.15) is 5.75 Å². The van der Waals surface area contributed by atoms with Crippen molar-refractivity contribution in [3.8, 4) is 16.9 Å². The molecular formula is C19H20N2O4. The first-order valence-corrected chi connectivity index (χ1v) is 7.96. The molecule has 1 aliphatic rings. The van der Waals surface area contributed by atoms with Gasteiger partial charge in [-0.2, -0.15) is 0 Å². The lowest BCUT2D eigenvalue weighted by molar-refractivity contribution is -0.384. The van der Waals surface area contributed by atoms with Gasteiger partial charge in [-0.05, 0) is 49.6 Å². The quantitative estimate of drug-likeness (QED) is 0.578. The molecule has 0 radical (unpaired) electrons. The number of aliphatic hydroxyl groups excluding tert-OH is 1. The summed E-state index contributed by atoms with van der Waals surface area (Å²) >= 11 is 0. The van der Waals surface area contributed by atoms with Crippen molar-refractivity contribution < 1.29 is 15.1 Å². The van der Waals surface area contributed by atoms with E-state index in [0.29, 0.717) is 16.7 Å². The first-order chi connectivity index (χ1) is 11.7. The van der Waals surface area contributed by atoms with E-state index in [1.54, 1.807) is 6.07 Å². The zero-order chi connectivity index (χ0) is 18.4. The van der Waals surface area contributed by atoms with Gasteiger partial charge in [-0.3, -0.25) is 10.1 Å². The van der Waals surface area contributed by atoms with E-state index in [9.17, 15) is 20.3 Å². The van der Waals surface area contributed by atoms with E-state index in [1.165, 1.54) is 18.2 Å². The summed E-state index contributed by atoms with van der Waals surface area (Å²) in [5.74, 6) is -0.0639. The number of aromatic hydroxyl groups is 1. The summed E-state index contributed by atoms with van der Waals surface area (Å²) in [6.45, 7) is 5.84. The van der Waals surface area contributed by atoms with Crippen LogP contribution in [-0.4, -0.2) is 20.7 Å². The molecule has 1 aliphatic heterocycles. The fourth-order valence-electron chi connectivity index (χ4n) is 3.47. The highest BCUT2D eigenvalue weighted by atomic mass is 16.6. The zero-order valence-corrected chi connectivity index (χ0v) is 14.3. The Balaban J connectivity index is 2.25. The van der Waals surface area contributed by atoms with Crippen LogP contribution in [0.15, 0.2) is 36.4 Å². The third-order valence-electron chi connectivity index (χ3n) is 4.38. The van der Waals surface area contributed by atoms with Crippen molar-refractivity contribution in [2.75, 3.05) is 5.32 Å². The number of anilines is 1. The Morgan fingerprint density at radius 2 is 1.92 bits per heavy atom. The number of rotatable bonds is 3. The minimum Gasteiger partial charge on any atom is -0.507 e. The number of nitro benzene ring substituents is 1. The Hall–Kier alpha value is -2.86. The van der Waals surface area contributed by atoms with E-state index in [1.807, 2.05) is 13.0 Å². The summed E-state index contributed by atoms with van der Waals surface area (Å²) in [7, 11) is 0.